The van der Waals surface area contributed by atoms with Gasteiger partial charge in [0.25, 0.3) is 0 Å². The summed E-state index contributed by atoms with van der Waals surface area (Å²) in [5.41, 5.74) is 2.51. The van der Waals surface area contributed by atoms with E-state index in [0.29, 0.717) is 6.04 Å². The first kappa shape index (κ1) is 16.3. The van der Waals surface area contributed by atoms with Gasteiger partial charge in [-0.15, -0.1) is 0 Å². The van der Waals surface area contributed by atoms with Crippen LogP contribution in [0.15, 0.2) is 12.1 Å². The lowest BCUT2D eigenvalue weighted by Gasteiger charge is -2.37. The molecule has 1 aliphatic heterocycles. The molecular formula is C18H31N3. The molecule has 3 nitrogen and oxygen atoms in total. The van der Waals surface area contributed by atoms with Crippen LogP contribution in [0.1, 0.15) is 63.6 Å². The van der Waals surface area contributed by atoms with E-state index < -0.39 is 0 Å². The second-order valence-electron chi connectivity index (χ2n) is 6.22. The van der Waals surface area contributed by atoms with E-state index in [2.05, 4.69) is 43.1 Å². The molecule has 2 rings (SSSR count). The average molecular weight is 289 g/mol. The van der Waals surface area contributed by atoms with Crippen molar-refractivity contribution in [2.24, 2.45) is 0 Å². The zero-order chi connectivity index (χ0) is 15.1. The molecule has 1 N–H and O–H groups in total. The van der Waals surface area contributed by atoms with E-state index in [0.717, 1.165) is 13.1 Å². The normalized spacial score (nSPS) is 19.0. The lowest BCUT2D eigenvalue weighted by molar-refractivity contribution is 0.431. The van der Waals surface area contributed by atoms with Crippen LogP contribution in [0.5, 0.6) is 0 Å². The van der Waals surface area contributed by atoms with Crippen molar-refractivity contribution in [1.82, 2.24) is 10.3 Å². The topological polar surface area (TPSA) is 28.2 Å². The van der Waals surface area contributed by atoms with Crippen molar-refractivity contribution in [3.63, 3.8) is 0 Å². The first-order valence-corrected chi connectivity index (χ1v) is 8.70. The zero-order valence-electron chi connectivity index (χ0n) is 14.0. The molecule has 2 heterocycles. The minimum absolute atomic E-state index is 0.694. The summed E-state index contributed by atoms with van der Waals surface area (Å²) >= 11 is 0. The van der Waals surface area contributed by atoms with Crippen LogP contribution in [0, 0.1) is 6.92 Å². The standard InChI is InChI=1S/C18H31N3/c1-4-8-17-9-6-7-13-21(17)18-11-10-16(15(3)20-18)14-19-12-5-2/h10-11,17,19H,4-9,12-14H2,1-3H3. The fraction of sp³-hybridized carbons (Fsp3) is 0.722. The zero-order valence-corrected chi connectivity index (χ0v) is 14.0. The maximum Gasteiger partial charge on any atom is 0.129 e. The van der Waals surface area contributed by atoms with Gasteiger partial charge in [-0.25, -0.2) is 4.98 Å². The van der Waals surface area contributed by atoms with Crippen LogP contribution < -0.4 is 10.2 Å². The molecule has 0 saturated carbocycles. The Kier molecular flexibility index (Phi) is 6.50. The van der Waals surface area contributed by atoms with Crippen molar-refractivity contribution in [3.8, 4) is 0 Å². The van der Waals surface area contributed by atoms with Gasteiger partial charge in [-0.1, -0.05) is 26.3 Å². The van der Waals surface area contributed by atoms with Gasteiger partial charge in [0.2, 0.25) is 0 Å². The molecule has 1 atom stereocenters. The molecule has 1 aliphatic rings. The highest BCUT2D eigenvalue weighted by Gasteiger charge is 2.22. The molecule has 1 fully saturated rings. The predicted octanol–water partition coefficient (Wildman–Crippen LogP) is 4.05. The van der Waals surface area contributed by atoms with Crippen LogP contribution >= 0.6 is 0 Å². The number of nitrogens with zero attached hydrogens (tertiary/aromatic N) is 2. The third-order valence-electron chi connectivity index (χ3n) is 4.47. The number of nitrogens with one attached hydrogen (secondary N) is 1. The molecule has 0 aliphatic carbocycles. The highest BCUT2D eigenvalue weighted by molar-refractivity contribution is 5.43. The Morgan fingerprint density at radius 1 is 1.24 bits per heavy atom. The fourth-order valence-corrected chi connectivity index (χ4v) is 3.26. The van der Waals surface area contributed by atoms with Crippen LogP contribution in [0.3, 0.4) is 0 Å². The maximum atomic E-state index is 4.89. The molecule has 1 unspecified atom stereocenters. The number of anilines is 1. The van der Waals surface area contributed by atoms with E-state index in [1.807, 2.05) is 0 Å². The van der Waals surface area contributed by atoms with Gasteiger partial charge in [0.15, 0.2) is 0 Å². The molecule has 0 radical (unpaired) electrons. The number of hydrogen-bond acceptors (Lipinski definition) is 3. The summed E-state index contributed by atoms with van der Waals surface area (Å²) in [6.45, 7) is 9.81. The Balaban J connectivity index is 2.06. The molecule has 0 amide bonds. The molecule has 1 aromatic rings. The van der Waals surface area contributed by atoms with Gasteiger partial charge in [0.1, 0.15) is 5.82 Å². The maximum absolute atomic E-state index is 4.89. The molecule has 0 aromatic carbocycles. The Hall–Kier alpha value is -1.09. The quantitative estimate of drug-likeness (QED) is 0.768. The Morgan fingerprint density at radius 3 is 2.81 bits per heavy atom. The van der Waals surface area contributed by atoms with Gasteiger partial charge in [-0.3, -0.25) is 0 Å². The summed E-state index contributed by atoms with van der Waals surface area (Å²) in [5.74, 6) is 1.19. The molecule has 0 spiro atoms. The van der Waals surface area contributed by atoms with Gasteiger partial charge >= 0.3 is 0 Å². The van der Waals surface area contributed by atoms with Gasteiger partial charge in [-0.2, -0.15) is 0 Å². The predicted molar refractivity (Wildman–Crippen MR) is 90.9 cm³/mol. The first-order chi connectivity index (χ1) is 10.3. The van der Waals surface area contributed by atoms with Crippen LogP contribution in [-0.4, -0.2) is 24.1 Å². The minimum Gasteiger partial charge on any atom is -0.354 e. The van der Waals surface area contributed by atoms with Gasteiger partial charge < -0.3 is 10.2 Å². The summed E-state index contributed by atoms with van der Waals surface area (Å²) in [4.78, 5) is 7.44. The lowest BCUT2D eigenvalue weighted by atomic mass is 9.98. The highest BCUT2D eigenvalue weighted by Crippen LogP contribution is 2.26. The molecule has 21 heavy (non-hydrogen) atoms. The summed E-state index contributed by atoms with van der Waals surface area (Å²) in [6, 6.07) is 5.18. The Bertz CT molecular complexity index is 428. The molecular weight excluding hydrogens is 258 g/mol. The second-order valence-corrected chi connectivity index (χ2v) is 6.22. The van der Waals surface area contributed by atoms with Crippen molar-refractivity contribution in [2.75, 3.05) is 18.0 Å². The first-order valence-electron chi connectivity index (χ1n) is 8.70. The van der Waals surface area contributed by atoms with Crippen LogP contribution in [0.4, 0.5) is 5.82 Å². The molecule has 1 aromatic heterocycles. The van der Waals surface area contributed by atoms with Crippen molar-refractivity contribution in [2.45, 2.75) is 71.9 Å². The number of rotatable bonds is 7. The van der Waals surface area contributed by atoms with Crippen LogP contribution in [0.2, 0.25) is 0 Å². The fourth-order valence-electron chi connectivity index (χ4n) is 3.26. The third-order valence-corrected chi connectivity index (χ3v) is 4.47. The van der Waals surface area contributed by atoms with Gasteiger partial charge in [0.05, 0.1) is 0 Å². The van der Waals surface area contributed by atoms with E-state index >= 15 is 0 Å². The van der Waals surface area contributed by atoms with Crippen LogP contribution in [-0.2, 0) is 6.54 Å². The van der Waals surface area contributed by atoms with E-state index in [-0.39, 0.29) is 0 Å². The third kappa shape index (κ3) is 4.44. The summed E-state index contributed by atoms with van der Waals surface area (Å²) in [5, 5.41) is 3.47. The van der Waals surface area contributed by atoms with Crippen molar-refractivity contribution in [3.05, 3.63) is 23.4 Å². The average Bonchev–Trinajstić information content (AvgIpc) is 2.50. The van der Waals surface area contributed by atoms with Crippen LogP contribution in [0.25, 0.3) is 0 Å². The Morgan fingerprint density at radius 2 is 2.10 bits per heavy atom. The molecule has 1 saturated heterocycles. The summed E-state index contributed by atoms with van der Waals surface area (Å²) in [6.07, 6.45) is 7.74. The minimum atomic E-state index is 0.694. The Labute approximate surface area is 130 Å². The summed E-state index contributed by atoms with van der Waals surface area (Å²) in [7, 11) is 0. The van der Waals surface area contributed by atoms with Crippen molar-refractivity contribution in [1.29, 1.82) is 0 Å². The second kappa shape index (κ2) is 8.38. The number of hydrogen-bond donors (Lipinski definition) is 1. The number of piperidine rings is 1. The monoisotopic (exact) mass is 289 g/mol. The highest BCUT2D eigenvalue weighted by atomic mass is 15.2. The number of pyridine rings is 1. The van der Waals surface area contributed by atoms with E-state index in [4.69, 9.17) is 4.98 Å². The largest absolute Gasteiger partial charge is 0.354 e. The lowest BCUT2D eigenvalue weighted by Crippen LogP contribution is -2.40. The van der Waals surface area contributed by atoms with E-state index in [1.165, 1.54) is 62.1 Å². The van der Waals surface area contributed by atoms with Crippen molar-refractivity contribution >= 4 is 5.82 Å². The van der Waals surface area contributed by atoms with E-state index in [1.54, 1.807) is 0 Å². The SMILES string of the molecule is CCCNCc1ccc(N2CCCCC2CCC)nc1C. The molecule has 3 heteroatoms. The van der Waals surface area contributed by atoms with E-state index in [9.17, 15) is 0 Å². The smallest absolute Gasteiger partial charge is 0.129 e. The van der Waals surface area contributed by atoms with Gasteiger partial charge in [0, 0.05) is 24.8 Å². The molecule has 118 valence electrons. The number of aryl methyl sites for hydroxylation is 1. The number of aromatic nitrogens is 1. The van der Waals surface area contributed by atoms with Crippen molar-refractivity contribution < 1.29 is 0 Å². The molecule has 0 bridgehead atoms. The van der Waals surface area contributed by atoms with Gasteiger partial charge in [-0.05, 0) is 57.2 Å². The summed E-state index contributed by atoms with van der Waals surface area (Å²) < 4.78 is 0.